The first-order valence-electron chi connectivity index (χ1n) is 8.32. The zero-order valence-corrected chi connectivity index (χ0v) is 14.8. The van der Waals surface area contributed by atoms with Gasteiger partial charge >= 0.3 is 0 Å². The summed E-state index contributed by atoms with van der Waals surface area (Å²) >= 11 is 0. The van der Waals surface area contributed by atoms with E-state index in [2.05, 4.69) is 15.6 Å². The molecule has 0 bridgehead atoms. The molecule has 0 atom stereocenters. The van der Waals surface area contributed by atoms with Crippen LogP contribution in [0.2, 0.25) is 0 Å². The number of fused-ring (bicyclic) bond motifs is 1. The molecule has 3 N–H and O–H groups in total. The van der Waals surface area contributed by atoms with Gasteiger partial charge in [-0.05, 0) is 36.4 Å². The summed E-state index contributed by atoms with van der Waals surface area (Å²) in [4.78, 5) is 28.0. The number of pyridine rings is 1. The number of methoxy groups -OCH3 is 1. The third-order valence-electron chi connectivity index (χ3n) is 4.19. The molecule has 26 heavy (non-hydrogen) atoms. The van der Waals surface area contributed by atoms with E-state index in [0.29, 0.717) is 23.2 Å². The van der Waals surface area contributed by atoms with Gasteiger partial charge in [0.15, 0.2) is 0 Å². The summed E-state index contributed by atoms with van der Waals surface area (Å²) in [6, 6.07) is 13.1. The van der Waals surface area contributed by atoms with Crippen molar-refractivity contribution in [2.75, 3.05) is 14.2 Å². The van der Waals surface area contributed by atoms with Crippen molar-refractivity contribution in [3.63, 3.8) is 0 Å². The minimum Gasteiger partial charge on any atom is -0.497 e. The van der Waals surface area contributed by atoms with Gasteiger partial charge in [0.25, 0.3) is 5.91 Å². The summed E-state index contributed by atoms with van der Waals surface area (Å²) in [6.07, 6.45) is 1.45. The third kappa shape index (κ3) is 3.75. The molecule has 3 rings (SSSR count). The smallest absolute Gasteiger partial charge is 0.257 e. The Morgan fingerprint density at radius 1 is 1.08 bits per heavy atom. The van der Waals surface area contributed by atoms with E-state index in [0.717, 1.165) is 12.1 Å². The number of ether oxygens (including phenoxy) is 1. The summed E-state index contributed by atoms with van der Waals surface area (Å²) < 4.78 is 5.15. The number of H-pyrrole nitrogens is 1. The van der Waals surface area contributed by atoms with E-state index in [4.69, 9.17) is 4.74 Å². The van der Waals surface area contributed by atoms with Crippen LogP contribution < -0.4 is 20.8 Å². The Balaban J connectivity index is 1.77. The Bertz CT molecular complexity index is 978. The van der Waals surface area contributed by atoms with Crippen LogP contribution in [0.3, 0.4) is 0 Å². The minimum atomic E-state index is -0.407. The Kier molecular flexibility index (Phi) is 5.34. The van der Waals surface area contributed by atoms with Gasteiger partial charge in [-0.25, -0.2) is 0 Å². The SMILES string of the molecule is CNCc1ccc(CNC(=O)c2c[nH]c3ccc(OC)cc3c2=O)cc1. The highest BCUT2D eigenvalue weighted by molar-refractivity contribution is 5.97. The first-order chi connectivity index (χ1) is 12.6. The minimum absolute atomic E-state index is 0.0811. The summed E-state index contributed by atoms with van der Waals surface area (Å²) in [5.74, 6) is 0.164. The Morgan fingerprint density at radius 3 is 2.42 bits per heavy atom. The first kappa shape index (κ1) is 17.7. The molecule has 0 fully saturated rings. The summed E-state index contributed by atoms with van der Waals surface area (Å²) in [6.45, 7) is 1.15. The van der Waals surface area contributed by atoms with Gasteiger partial charge in [0.2, 0.25) is 5.43 Å². The van der Waals surface area contributed by atoms with Crippen LogP contribution >= 0.6 is 0 Å². The second kappa shape index (κ2) is 7.84. The number of nitrogens with one attached hydrogen (secondary N) is 3. The van der Waals surface area contributed by atoms with Crippen LogP contribution in [0.5, 0.6) is 5.75 Å². The van der Waals surface area contributed by atoms with Crippen molar-refractivity contribution in [3.05, 3.63) is 75.6 Å². The first-order valence-corrected chi connectivity index (χ1v) is 8.32. The molecule has 1 amide bonds. The van der Waals surface area contributed by atoms with Gasteiger partial charge in [-0.15, -0.1) is 0 Å². The zero-order valence-electron chi connectivity index (χ0n) is 14.8. The highest BCUT2D eigenvalue weighted by Crippen LogP contribution is 2.16. The maximum Gasteiger partial charge on any atom is 0.257 e. The quantitative estimate of drug-likeness (QED) is 0.636. The predicted octanol–water partition coefficient (Wildman–Crippen LogP) is 2.19. The van der Waals surface area contributed by atoms with Crippen LogP contribution in [-0.2, 0) is 13.1 Å². The fraction of sp³-hybridized carbons (Fsp3) is 0.200. The van der Waals surface area contributed by atoms with Gasteiger partial charge in [0.05, 0.1) is 7.11 Å². The molecule has 0 saturated carbocycles. The van der Waals surface area contributed by atoms with Gasteiger partial charge in [-0.3, -0.25) is 9.59 Å². The summed E-state index contributed by atoms with van der Waals surface area (Å²) in [5.41, 5.74) is 2.56. The highest BCUT2D eigenvalue weighted by Gasteiger charge is 2.13. The topological polar surface area (TPSA) is 83.2 Å². The Morgan fingerprint density at radius 2 is 1.77 bits per heavy atom. The fourth-order valence-corrected chi connectivity index (χ4v) is 2.75. The molecule has 0 aliphatic rings. The molecule has 0 saturated heterocycles. The maximum absolute atomic E-state index is 12.6. The second-order valence-electron chi connectivity index (χ2n) is 5.97. The molecule has 0 radical (unpaired) electrons. The lowest BCUT2D eigenvalue weighted by molar-refractivity contribution is 0.0949. The van der Waals surface area contributed by atoms with Crippen molar-refractivity contribution in [2.24, 2.45) is 0 Å². The molecule has 3 aromatic rings. The van der Waals surface area contributed by atoms with Crippen LogP contribution in [0.25, 0.3) is 10.9 Å². The largest absolute Gasteiger partial charge is 0.497 e. The second-order valence-corrected chi connectivity index (χ2v) is 5.97. The van der Waals surface area contributed by atoms with Gasteiger partial charge in [-0.2, -0.15) is 0 Å². The van der Waals surface area contributed by atoms with E-state index < -0.39 is 5.91 Å². The molecular weight excluding hydrogens is 330 g/mol. The highest BCUT2D eigenvalue weighted by atomic mass is 16.5. The molecule has 0 aliphatic heterocycles. The van der Waals surface area contributed by atoms with E-state index in [-0.39, 0.29) is 11.0 Å². The lowest BCUT2D eigenvalue weighted by atomic mass is 10.1. The summed E-state index contributed by atoms with van der Waals surface area (Å²) in [5, 5.41) is 6.31. The normalized spacial score (nSPS) is 10.7. The fourth-order valence-electron chi connectivity index (χ4n) is 2.75. The van der Waals surface area contributed by atoms with Crippen molar-refractivity contribution < 1.29 is 9.53 Å². The lowest BCUT2D eigenvalue weighted by Gasteiger charge is -2.08. The predicted molar refractivity (Wildman–Crippen MR) is 101 cm³/mol. The van der Waals surface area contributed by atoms with Gasteiger partial charge in [0.1, 0.15) is 11.3 Å². The van der Waals surface area contributed by atoms with Crippen molar-refractivity contribution in [1.82, 2.24) is 15.6 Å². The van der Waals surface area contributed by atoms with Gasteiger partial charge in [-0.1, -0.05) is 24.3 Å². The number of amides is 1. The molecule has 0 unspecified atom stereocenters. The molecule has 0 spiro atoms. The van der Waals surface area contributed by atoms with Crippen LogP contribution in [0, 0.1) is 0 Å². The van der Waals surface area contributed by atoms with Crippen molar-refractivity contribution in [1.29, 1.82) is 0 Å². The molecule has 1 aromatic heterocycles. The van der Waals surface area contributed by atoms with Gasteiger partial charge in [0, 0.05) is 30.2 Å². The number of aromatic amines is 1. The van der Waals surface area contributed by atoms with Gasteiger partial charge < -0.3 is 20.4 Å². The number of benzene rings is 2. The zero-order chi connectivity index (χ0) is 18.5. The molecule has 134 valence electrons. The van der Waals surface area contributed by atoms with Crippen LogP contribution in [0.15, 0.2) is 53.5 Å². The third-order valence-corrected chi connectivity index (χ3v) is 4.19. The molecule has 2 aromatic carbocycles. The summed E-state index contributed by atoms with van der Waals surface area (Å²) in [7, 11) is 3.43. The Hall–Kier alpha value is -3.12. The van der Waals surface area contributed by atoms with Crippen LogP contribution in [0.4, 0.5) is 0 Å². The number of carbonyl (C=O) groups is 1. The van der Waals surface area contributed by atoms with E-state index in [1.54, 1.807) is 18.2 Å². The molecule has 0 aliphatic carbocycles. The number of hydrogen-bond acceptors (Lipinski definition) is 4. The van der Waals surface area contributed by atoms with E-state index in [1.807, 2.05) is 31.3 Å². The van der Waals surface area contributed by atoms with Crippen molar-refractivity contribution in [2.45, 2.75) is 13.1 Å². The standard InChI is InChI=1S/C20H21N3O3/c1-21-10-13-3-5-14(6-4-13)11-23-20(25)17-12-22-18-8-7-15(26-2)9-16(18)19(17)24/h3-9,12,21H,10-11H2,1-2H3,(H,22,24)(H,23,25). The van der Waals surface area contributed by atoms with Crippen molar-refractivity contribution >= 4 is 16.8 Å². The molecule has 1 heterocycles. The molecular formula is C20H21N3O3. The van der Waals surface area contributed by atoms with Crippen molar-refractivity contribution in [3.8, 4) is 5.75 Å². The lowest BCUT2D eigenvalue weighted by Crippen LogP contribution is -2.28. The van der Waals surface area contributed by atoms with Crippen LogP contribution in [-0.4, -0.2) is 25.0 Å². The van der Waals surface area contributed by atoms with E-state index in [1.165, 1.54) is 18.9 Å². The number of hydrogen-bond donors (Lipinski definition) is 3. The molecule has 6 nitrogen and oxygen atoms in total. The monoisotopic (exact) mass is 351 g/mol. The number of rotatable bonds is 6. The average Bonchev–Trinajstić information content (AvgIpc) is 2.67. The Labute approximate surface area is 151 Å². The molecule has 6 heteroatoms. The van der Waals surface area contributed by atoms with Crippen LogP contribution in [0.1, 0.15) is 21.5 Å². The van der Waals surface area contributed by atoms with E-state index in [9.17, 15) is 9.59 Å². The van der Waals surface area contributed by atoms with E-state index >= 15 is 0 Å². The maximum atomic E-state index is 12.6. The number of aromatic nitrogens is 1. The average molecular weight is 351 g/mol. The number of carbonyl (C=O) groups excluding carboxylic acids is 1.